The van der Waals surface area contributed by atoms with E-state index in [0.29, 0.717) is 24.7 Å². The smallest absolute Gasteiger partial charge is 0.230 e. The zero-order chi connectivity index (χ0) is 24.6. The van der Waals surface area contributed by atoms with Crippen LogP contribution in [-0.2, 0) is 17.9 Å². The maximum absolute atomic E-state index is 12.5. The molecular weight excluding hydrogens is 460 g/mol. The molecule has 0 saturated heterocycles. The first-order valence-corrected chi connectivity index (χ1v) is 12.2. The molecule has 0 aliphatic heterocycles. The number of hydrogen-bond acceptors (Lipinski definition) is 6. The van der Waals surface area contributed by atoms with Crippen LogP contribution in [0.5, 0.6) is 11.5 Å². The second-order valence-electron chi connectivity index (χ2n) is 7.99. The van der Waals surface area contributed by atoms with Gasteiger partial charge >= 0.3 is 0 Å². The molecule has 35 heavy (non-hydrogen) atoms. The van der Waals surface area contributed by atoms with Gasteiger partial charge in [0, 0.05) is 31.3 Å². The number of aryl methyl sites for hydroxylation is 1. The van der Waals surface area contributed by atoms with Gasteiger partial charge in [-0.15, -0.1) is 0 Å². The summed E-state index contributed by atoms with van der Waals surface area (Å²) in [7, 11) is 1.60. The van der Waals surface area contributed by atoms with Crippen molar-refractivity contribution in [1.29, 1.82) is 0 Å². The number of ether oxygens (including phenoxy) is 2. The van der Waals surface area contributed by atoms with Gasteiger partial charge in [0.2, 0.25) is 5.91 Å². The van der Waals surface area contributed by atoms with Gasteiger partial charge < -0.3 is 14.8 Å². The van der Waals surface area contributed by atoms with Crippen molar-refractivity contribution in [2.75, 3.05) is 12.9 Å². The van der Waals surface area contributed by atoms with Crippen LogP contribution in [0.2, 0.25) is 0 Å². The highest BCUT2D eigenvalue weighted by molar-refractivity contribution is 7.99. The van der Waals surface area contributed by atoms with Crippen LogP contribution in [0.4, 0.5) is 0 Å². The standard InChI is InChI=1S/C27H28N4O3S/c1-19-5-4-6-23(20(19)2)31-14-13-29-27(31)35-18-26(32)30-16-22-7-8-24(25(15-22)33-3)34-17-21-9-11-28-12-10-21/h4-15H,16-18H2,1-3H3,(H,30,32). The summed E-state index contributed by atoms with van der Waals surface area (Å²) in [6, 6.07) is 15.6. The van der Waals surface area contributed by atoms with Crippen molar-refractivity contribution in [3.8, 4) is 17.2 Å². The summed E-state index contributed by atoms with van der Waals surface area (Å²) in [5.74, 6) is 1.47. The number of nitrogens with zero attached hydrogens (tertiary/aromatic N) is 3. The lowest BCUT2D eigenvalue weighted by Crippen LogP contribution is -2.24. The van der Waals surface area contributed by atoms with Crippen molar-refractivity contribution >= 4 is 17.7 Å². The number of benzene rings is 2. The molecule has 0 bridgehead atoms. The van der Waals surface area contributed by atoms with E-state index in [2.05, 4.69) is 41.3 Å². The number of nitrogens with one attached hydrogen (secondary N) is 1. The average Bonchev–Trinajstić information content (AvgIpc) is 3.35. The van der Waals surface area contributed by atoms with Crippen molar-refractivity contribution in [2.45, 2.75) is 32.2 Å². The molecule has 0 aliphatic rings. The molecule has 4 rings (SSSR count). The zero-order valence-electron chi connectivity index (χ0n) is 20.0. The molecule has 0 aliphatic carbocycles. The molecule has 1 amide bonds. The van der Waals surface area contributed by atoms with Gasteiger partial charge in [0.1, 0.15) is 6.61 Å². The number of pyridine rings is 1. The number of carbonyl (C=O) groups excluding carboxylic acids is 1. The molecule has 0 atom stereocenters. The van der Waals surface area contributed by atoms with Crippen LogP contribution in [0.1, 0.15) is 22.3 Å². The fraction of sp³-hybridized carbons (Fsp3) is 0.222. The van der Waals surface area contributed by atoms with Crippen LogP contribution in [0.15, 0.2) is 78.5 Å². The number of thioether (sulfide) groups is 1. The summed E-state index contributed by atoms with van der Waals surface area (Å²) in [6.07, 6.45) is 7.15. The summed E-state index contributed by atoms with van der Waals surface area (Å²) in [6.45, 7) is 5.00. The van der Waals surface area contributed by atoms with Crippen LogP contribution in [-0.4, -0.2) is 33.3 Å². The quantitative estimate of drug-likeness (QED) is 0.321. The summed E-state index contributed by atoms with van der Waals surface area (Å²) in [5.41, 5.74) is 5.43. The third-order valence-electron chi connectivity index (χ3n) is 5.64. The number of imidazole rings is 1. The van der Waals surface area contributed by atoms with Crippen molar-refractivity contribution in [3.05, 3.63) is 95.6 Å². The maximum atomic E-state index is 12.5. The SMILES string of the molecule is COc1cc(CNC(=O)CSc2nccn2-c2cccc(C)c2C)ccc1OCc1ccncc1. The monoisotopic (exact) mass is 488 g/mol. The van der Waals surface area contributed by atoms with Crippen LogP contribution in [0, 0.1) is 13.8 Å². The van der Waals surface area contributed by atoms with Gasteiger partial charge in [-0.3, -0.25) is 14.3 Å². The van der Waals surface area contributed by atoms with Gasteiger partial charge in [-0.25, -0.2) is 4.98 Å². The van der Waals surface area contributed by atoms with E-state index in [1.165, 1.54) is 22.9 Å². The van der Waals surface area contributed by atoms with Gasteiger partial charge in [-0.05, 0) is 66.4 Å². The highest BCUT2D eigenvalue weighted by atomic mass is 32.2. The van der Waals surface area contributed by atoms with Crippen LogP contribution in [0.25, 0.3) is 5.69 Å². The van der Waals surface area contributed by atoms with Gasteiger partial charge in [-0.2, -0.15) is 0 Å². The molecule has 4 aromatic rings. The molecule has 0 saturated carbocycles. The van der Waals surface area contributed by atoms with Crippen molar-refractivity contribution in [2.24, 2.45) is 0 Å². The first-order chi connectivity index (χ1) is 17.0. The lowest BCUT2D eigenvalue weighted by atomic mass is 10.1. The maximum Gasteiger partial charge on any atom is 0.230 e. The van der Waals surface area contributed by atoms with Crippen molar-refractivity contribution in [1.82, 2.24) is 19.9 Å². The molecular formula is C27H28N4O3S. The number of hydrogen-bond donors (Lipinski definition) is 1. The number of carbonyl (C=O) groups is 1. The fourth-order valence-corrected chi connectivity index (χ4v) is 4.34. The number of aromatic nitrogens is 3. The first-order valence-electron chi connectivity index (χ1n) is 11.2. The van der Waals surface area contributed by atoms with Gasteiger partial charge in [0.25, 0.3) is 0 Å². The van der Waals surface area contributed by atoms with E-state index in [4.69, 9.17) is 9.47 Å². The van der Waals surface area contributed by atoms with Gasteiger partial charge in [0.05, 0.1) is 18.6 Å². The Labute approximate surface area is 209 Å². The topological polar surface area (TPSA) is 78.3 Å². The molecule has 2 aromatic heterocycles. The molecule has 8 heteroatoms. The van der Waals surface area contributed by atoms with Crippen LogP contribution < -0.4 is 14.8 Å². The Kier molecular flexibility index (Phi) is 8.05. The second kappa shape index (κ2) is 11.6. The van der Waals surface area contributed by atoms with E-state index in [-0.39, 0.29) is 11.7 Å². The predicted octanol–water partition coefficient (Wildman–Crippen LogP) is 4.88. The van der Waals surface area contributed by atoms with E-state index in [1.54, 1.807) is 25.7 Å². The van der Waals surface area contributed by atoms with Gasteiger partial charge in [-0.1, -0.05) is 30.0 Å². The third-order valence-corrected chi connectivity index (χ3v) is 6.60. The molecule has 0 spiro atoms. The van der Waals surface area contributed by atoms with E-state index in [9.17, 15) is 4.79 Å². The minimum atomic E-state index is -0.0671. The van der Waals surface area contributed by atoms with E-state index >= 15 is 0 Å². The van der Waals surface area contributed by atoms with Crippen LogP contribution in [0.3, 0.4) is 0 Å². The van der Waals surface area contributed by atoms with Crippen molar-refractivity contribution in [3.63, 3.8) is 0 Å². The lowest BCUT2D eigenvalue weighted by molar-refractivity contribution is -0.118. The highest BCUT2D eigenvalue weighted by Gasteiger charge is 2.12. The number of methoxy groups -OCH3 is 1. The Bertz CT molecular complexity index is 1290. The molecule has 7 nitrogen and oxygen atoms in total. The summed E-state index contributed by atoms with van der Waals surface area (Å²) < 4.78 is 13.4. The molecule has 0 fully saturated rings. The minimum Gasteiger partial charge on any atom is -0.493 e. The Balaban J connectivity index is 1.31. The molecule has 180 valence electrons. The van der Waals surface area contributed by atoms with E-state index in [0.717, 1.165) is 22.0 Å². The molecule has 0 radical (unpaired) electrons. The molecule has 2 aromatic carbocycles. The fourth-order valence-electron chi connectivity index (χ4n) is 3.54. The Morgan fingerprint density at radius 2 is 1.86 bits per heavy atom. The summed E-state index contributed by atoms with van der Waals surface area (Å²) in [5, 5.41) is 3.75. The first kappa shape index (κ1) is 24.3. The van der Waals surface area contributed by atoms with Crippen LogP contribution >= 0.6 is 11.8 Å². The average molecular weight is 489 g/mol. The largest absolute Gasteiger partial charge is 0.493 e. The normalized spacial score (nSPS) is 10.7. The molecule has 2 heterocycles. The van der Waals surface area contributed by atoms with E-state index < -0.39 is 0 Å². The Hall–Kier alpha value is -3.78. The number of amides is 1. The highest BCUT2D eigenvalue weighted by Crippen LogP contribution is 2.29. The lowest BCUT2D eigenvalue weighted by Gasteiger charge is -2.13. The van der Waals surface area contributed by atoms with Crippen molar-refractivity contribution < 1.29 is 14.3 Å². The predicted molar refractivity (Wildman–Crippen MR) is 137 cm³/mol. The second-order valence-corrected chi connectivity index (χ2v) is 8.94. The number of rotatable bonds is 10. The van der Waals surface area contributed by atoms with Gasteiger partial charge in [0.15, 0.2) is 16.7 Å². The van der Waals surface area contributed by atoms with E-state index in [1.807, 2.05) is 47.2 Å². The molecule has 0 unspecified atom stereocenters. The Morgan fingerprint density at radius 1 is 1.03 bits per heavy atom. The summed E-state index contributed by atoms with van der Waals surface area (Å²) in [4.78, 5) is 21.0. The Morgan fingerprint density at radius 3 is 2.66 bits per heavy atom. The minimum absolute atomic E-state index is 0.0671. The third kappa shape index (κ3) is 6.22. The molecule has 1 N–H and O–H groups in total. The summed E-state index contributed by atoms with van der Waals surface area (Å²) >= 11 is 1.41. The zero-order valence-corrected chi connectivity index (χ0v) is 20.8.